The summed E-state index contributed by atoms with van der Waals surface area (Å²) in [5.41, 5.74) is 3.34. The zero-order chi connectivity index (χ0) is 17.2. The van der Waals surface area contributed by atoms with Gasteiger partial charge < -0.3 is 19.3 Å². The maximum absolute atomic E-state index is 12.7. The SMILES string of the molecule is Cc1cccc(C[NH+]2CCN(C(=O)c3ccc4c(c3)OCO4)CC2)c1. The average molecular weight is 339 g/mol. The number of hydrogen-bond acceptors (Lipinski definition) is 3. The van der Waals surface area contributed by atoms with E-state index in [1.165, 1.54) is 16.0 Å². The number of amides is 1. The number of fused-ring (bicyclic) bond motifs is 1. The van der Waals surface area contributed by atoms with E-state index in [1.807, 2.05) is 17.0 Å². The van der Waals surface area contributed by atoms with Crippen molar-refractivity contribution in [3.63, 3.8) is 0 Å². The molecule has 2 aliphatic heterocycles. The molecule has 4 rings (SSSR count). The molecule has 2 heterocycles. The Morgan fingerprint density at radius 2 is 1.88 bits per heavy atom. The lowest BCUT2D eigenvalue weighted by molar-refractivity contribution is -0.917. The summed E-state index contributed by atoms with van der Waals surface area (Å²) in [7, 11) is 0. The van der Waals surface area contributed by atoms with Gasteiger partial charge in [-0.3, -0.25) is 4.79 Å². The van der Waals surface area contributed by atoms with Gasteiger partial charge in [-0.2, -0.15) is 0 Å². The number of piperazine rings is 1. The number of aryl methyl sites for hydroxylation is 1. The monoisotopic (exact) mass is 339 g/mol. The van der Waals surface area contributed by atoms with Crippen molar-refractivity contribution in [1.82, 2.24) is 4.90 Å². The minimum Gasteiger partial charge on any atom is -0.454 e. The van der Waals surface area contributed by atoms with Gasteiger partial charge in [-0.1, -0.05) is 29.8 Å². The molecule has 5 nitrogen and oxygen atoms in total. The first-order valence-electron chi connectivity index (χ1n) is 8.77. The second-order valence-corrected chi connectivity index (χ2v) is 6.78. The van der Waals surface area contributed by atoms with Crippen molar-refractivity contribution in [2.75, 3.05) is 33.0 Å². The molecule has 130 valence electrons. The van der Waals surface area contributed by atoms with Crippen molar-refractivity contribution in [2.45, 2.75) is 13.5 Å². The van der Waals surface area contributed by atoms with Crippen LogP contribution in [-0.4, -0.2) is 43.8 Å². The van der Waals surface area contributed by atoms with Crippen LogP contribution in [0.1, 0.15) is 21.5 Å². The second kappa shape index (κ2) is 6.76. The summed E-state index contributed by atoms with van der Waals surface area (Å²) in [5, 5.41) is 0. The minimum absolute atomic E-state index is 0.0768. The molecule has 2 aromatic rings. The van der Waals surface area contributed by atoms with Crippen molar-refractivity contribution in [3.05, 3.63) is 59.2 Å². The molecule has 0 saturated carbocycles. The number of nitrogens with zero attached hydrogens (tertiary/aromatic N) is 1. The molecule has 5 heteroatoms. The maximum Gasteiger partial charge on any atom is 0.254 e. The molecule has 0 aliphatic carbocycles. The van der Waals surface area contributed by atoms with Gasteiger partial charge in [0.25, 0.3) is 5.91 Å². The highest BCUT2D eigenvalue weighted by Crippen LogP contribution is 2.32. The van der Waals surface area contributed by atoms with Gasteiger partial charge in [0.1, 0.15) is 6.54 Å². The number of ether oxygens (including phenoxy) is 2. The molecule has 0 unspecified atom stereocenters. The number of rotatable bonds is 3. The molecule has 1 amide bonds. The molecule has 1 fully saturated rings. The predicted octanol–water partition coefficient (Wildman–Crippen LogP) is 1.26. The molecule has 2 aromatic carbocycles. The molecule has 0 spiro atoms. The first kappa shape index (κ1) is 16.0. The summed E-state index contributed by atoms with van der Waals surface area (Å²) in [6, 6.07) is 14.1. The summed E-state index contributed by atoms with van der Waals surface area (Å²) >= 11 is 0. The van der Waals surface area contributed by atoms with Crippen LogP contribution in [0, 0.1) is 6.92 Å². The first-order valence-corrected chi connectivity index (χ1v) is 8.77. The summed E-state index contributed by atoms with van der Waals surface area (Å²) in [4.78, 5) is 16.2. The highest BCUT2D eigenvalue weighted by Gasteiger charge is 2.26. The highest BCUT2D eigenvalue weighted by atomic mass is 16.7. The number of carbonyl (C=O) groups excluding carboxylic acids is 1. The van der Waals surface area contributed by atoms with E-state index in [9.17, 15) is 4.79 Å². The van der Waals surface area contributed by atoms with Gasteiger partial charge in [0, 0.05) is 11.1 Å². The maximum atomic E-state index is 12.7. The lowest BCUT2D eigenvalue weighted by Gasteiger charge is -2.32. The molecule has 0 bridgehead atoms. The fraction of sp³-hybridized carbons (Fsp3) is 0.350. The molecule has 0 atom stereocenters. The zero-order valence-corrected chi connectivity index (χ0v) is 14.5. The van der Waals surface area contributed by atoms with Crippen molar-refractivity contribution >= 4 is 5.91 Å². The average Bonchev–Trinajstić information content (AvgIpc) is 3.09. The van der Waals surface area contributed by atoms with Gasteiger partial charge in [-0.05, 0) is 25.1 Å². The van der Waals surface area contributed by atoms with Crippen molar-refractivity contribution in [1.29, 1.82) is 0 Å². The van der Waals surface area contributed by atoms with E-state index in [-0.39, 0.29) is 12.7 Å². The van der Waals surface area contributed by atoms with E-state index in [0.717, 1.165) is 32.7 Å². The standard InChI is InChI=1S/C20H22N2O3/c1-15-3-2-4-16(11-15)13-21-7-9-22(10-8-21)20(23)17-5-6-18-19(12-17)25-14-24-18/h2-6,11-12H,7-10,13-14H2,1H3/p+1. The topological polar surface area (TPSA) is 43.2 Å². The van der Waals surface area contributed by atoms with Crippen LogP contribution in [0.25, 0.3) is 0 Å². The Balaban J connectivity index is 1.36. The molecule has 25 heavy (non-hydrogen) atoms. The molecular formula is C20H23N2O3+. The lowest BCUT2D eigenvalue weighted by atomic mass is 10.1. The lowest BCUT2D eigenvalue weighted by Crippen LogP contribution is -3.13. The van der Waals surface area contributed by atoms with Crippen LogP contribution in [0.15, 0.2) is 42.5 Å². The van der Waals surface area contributed by atoms with Crippen LogP contribution >= 0.6 is 0 Å². The number of nitrogens with one attached hydrogen (secondary N) is 1. The zero-order valence-electron chi connectivity index (χ0n) is 14.5. The summed E-state index contributed by atoms with van der Waals surface area (Å²) in [6.45, 7) is 6.90. The number of hydrogen-bond donors (Lipinski definition) is 1. The van der Waals surface area contributed by atoms with Crippen molar-refractivity contribution in [3.8, 4) is 11.5 Å². The third-order valence-electron chi connectivity index (χ3n) is 4.91. The van der Waals surface area contributed by atoms with Gasteiger partial charge >= 0.3 is 0 Å². The van der Waals surface area contributed by atoms with Crippen molar-refractivity contribution in [2.24, 2.45) is 0 Å². The Bertz CT molecular complexity index is 782. The normalized spacial score (nSPS) is 16.9. The molecule has 0 radical (unpaired) electrons. The van der Waals surface area contributed by atoms with Gasteiger partial charge in [-0.15, -0.1) is 0 Å². The van der Waals surface area contributed by atoms with Crippen LogP contribution < -0.4 is 14.4 Å². The van der Waals surface area contributed by atoms with Crippen LogP contribution in [0.4, 0.5) is 0 Å². The minimum atomic E-state index is 0.0768. The predicted molar refractivity (Wildman–Crippen MR) is 94.0 cm³/mol. The third-order valence-corrected chi connectivity index (χ3v) is 4.91. The molecular weight excluding hydrogens is 316 g/mol. The Morgan fingerprint density at radius 1 is 1.08 bits per heavy atom. The van der Waals surface area contributed by atoms with E-state index in [4.69, 9.17) is 9.47 Å². The highest BCUT2D eigenvalue weighted by molar-refractivity contribution is 5.95. The molecule has 1 saturated heterocycles. The van der Waals surface area contributed by atoms with E-state index in [0.29, 0.717) is 17.1 Å². The van der Waals surface area contributed by atoms with Crippen molar-refractivity contribution < 1.29 is 19.2 Å². The fourth-order valence-corrected chi connectivity index (χ4v) is 3.53. The number of benzene rings is 2. The van der Waals surface area contributed by atoms with Gasteiger partial charge in [0.05, 0.1) is 26.2 Å². The van der Waals surface area contributed by atoms with Gasteiger partial charge in [0.2, 0.25) is 6.79 Å². The van der Waals surface area contributed by atoms with E-state index in [1.54, 1.807) is 6.07 Å². The summed E-state index contributed by atoms with van der Waals surface area (Å²) in [5.74, 6) is 1.45. The first-order chi connectivity index (χ1) is 12.2. The Morgan fingerprint density at radius 3 is 2.68 bits per heavy atom. The quantitative estimate of drug-likeness (QED) is 0.916. The third kappa shape index (κ3) is 3.46. The molecule has 0 aromatic heterocycles. The molecule has 2 aliphatic rings. The smallest absolute Gasteiger partial charge is 0.254 e. The van der Waals surface area contributed by atoms with Crippen LogP contribution in [0.2, 0.25) is 0 Å². The van der Waals surface area contributed by atoms with Crippen LogP contribution in [-0.2, 0) is 6.54 Å². The Kier molecular flexibility index (Phi) is 4.32. The van der Waals surface area contributed by atoms with E-state index < -0.39 is 0 Å². The van der Waals surface area contributed by atoms with Gasteiger partial charge in [-0.25, -0.2) is 0 Å². The van der Waals surface area contributed by atoms with Crippen LogP contribution in [0.5, 0.6) is 11.5 Å². The largest absolute Gasteiger partial charge is 0.454 e. The Hall–Kier alpha value is -2.53. The summed E-state index contributed by atoms with van der Waals surface area (Å²) in [6.07, 6.45) is 0. The van der Waals surface area contributed by atoms with Crippen LogP contribution in [0.3, 0.4) is 0 Å². The Labute approximate surface area is 147 Å². The van der Waals surface area contributed by atoms with E-state index >= 15 is 0 Å². The second-order valence-electron chi connectivity index (χ2n) is 6.78. The van der Waals surface area contributed by atoms with E-state index in [2.05, 4.69) is 31.2 Å². The van der Waals surface area contributed by atoms with Gasteiger partial charge in [0.15, 0.2) is 11.5 Å². The number of carbonyl (C=O) groups is 1. The summed E-state index contributed by atoms with van der Waals surface area (Å²) < 4.78 is 10.7. The number of quaternary nitrogens is 1. The fourth-order valence-electron chi connectivity index (χ4n) is 3.53. The molecule has 1 N–H and O–H groups in total.